The summed E-state index contributed by atoms with van der Waals surface area (Å²) >= 11 is 0. The number of ether oxygens (including phenoxy) is 1. The molecule has 0 aromatic carbocycles. The number of aliphatic imine (C=N–C) groups is 1. The van der Waals surface area contributed by atoms with E-state index >= 15 is 0 Å². The van der Waals surface area contributed by atoms with E-state index in [0.29, 0.717) is 0 Å². The summed E-state index contributed by atoms with van der Waals surface area (Å²) in [4.78, 5) is 8.45. The molecule has 106 valence electrons. The fraction of sp³-hybridized carbons (Fsp3) is 0.571. The lowest BCUT2D eigenvalue weighted by Gasteiger charge is -2.11. The van der Waals surface area contributed by atoms with Crippen LogP contribution < -0.4 is 10.6 Å². The SMILES string of the molecule is CCOCCCNC(=NC)NCCc1ccccn1. The lowest BCUT2D eigenvalue weighted by atomic mass is 10.3. The number of hydrogen-bond acceptors (Lipinski definition) is 3. The van der Waals surface area contributed by atoms with Crippen molar-refractivity contribution < 1.29 is 4.74 Å². The minimum atomic E-state index is 0.775. The van der Waals surface area contributed by atoms with Crippen LogP contribution in [0.3, 0.4) is 0 Å². The molecule has 5 nitrogen and oxygen atoms in total. The van der Waals surface area contributed by atoms with Gasteiger partial charge in [-0.3, -0.25) is 9.98 Å². The highest BCUT2D eigenvalue weighted by atomic mass is 16.5. The number of pyridine rings is 1. The smallest absolute Gasteiger partial charge is 0.190 e. The molecule has 0 radical (unpaired) electrons. The molecule has 0 aliphatic rings. The van der Waals surface area contributed by atoms with Crippen LogP contribution >= 0.6 is 0 Å². The van der Waals surface area contributed by atoms with Crippen molar-refractivity contribution in [3.8, 4) is 0 Å². The first kappa shape index (κ1) is 15.4. The molecule has 0 amide bonds. The zero-order chi connectivity index (χ0) is 13.8. The molecule has 2 N–H and O–H groups in total. The van der Waals surface area contributed by atoms with Gasteiger partial charge in [0.05, 0.1) is 0 Å². The second kappa shape index (κ2) is 10.3. The van der Waals surface area contributed by atoms with E-state index in [0.717, 1.165) is 50.8 Å². The zero-order valence-corrected chi connectivity index (χ0v) is 11.9. The molecule has 19 heavy (non-hydrogen) atoms. The van der Waals surface area contributed by atoms with E-state index in [4.69, 9.17) is 4.74 Å². The first-order valence-corrected chi connectivity index (χ1v) is 6.79. The lowest BCUT2D eigenvalue weighted by Crippen LogP contribution is -2.39. The number of hydrogen-bond donors (Lipinski definition) is 2. The molecular weight excluding hydrogens is 240 g/mol. The van der Waals surface area contributed by atoms with Crippen molar-refractivity contribution in [2.75, 3.05) is 33.4 Å². The van der Waals surface area contributed by atoms with Crippen molar-refractivity contribution in [3.63, 3.8) is 0 Å². The second-order valence-corrected chi connectivity index (χ2v) is 4.05. The molecule has 0 bridgehead atoms. The third-order valence-corrected chi connectivity index (χ3v) is 2.59. The largest absolute Gasteiger partial charge is 0.382 e. The van der Waals surface area contributed by atoms with Gasteiger partial charge >= 0.3 is 0 Å². The van der Waals surface area contributed by atoms with E-state index < -0.39 is 0 Å². The van der Waals surface area contributed by atoms with Crippen LogP contribution in [0.25, 0.3) is 0 Å². The fourth-order valence-corrected chi connectivity index (χ4v) is 1.60. The van der Waals surface area contributed by atoms with E-state index in [2.05, 4.69) is 20.6 Å². The van der Waals surface area contributed by atoms with E-state index in [9.17, 15) is 0 Å². The van der Waals surface area contributed by atoms with Crippen LogP contribution in [-0.2, 0) is 11.2 Å². The van der Waals surface area contributed by atoms with E-state index in [-0.39, 0.29) is 0 Å². The summed E-state index contributed by atoms with van der Waals surface area (Å²) < 4.78 is 5.28. The summed E-state index contributed by atoms with van der Waals surface area (Å²) in [5.41, 5.74) is 1.08. The van der Waals surface area contributed by atoms with Crippen molar-refractivity contribution in [1.29, 1.82) is 0 Å². The minimum Gasteiger partial charge on any atom is -0.382 e. The Balaban J connectivity index is 2.12. The molecule has 0 unspecified atom stereocenters. The Kier molecular flexibility index (Phi) is 8.38. The number of guanidine groups is 1. The fourth-order valence-electron chi connectivity index (χ4n) is 1.60. The maximum absolute atomic E-state index is 5.28. The van der Waals surface area contributed by atoms with Gasteiger partial charge in [0, 0.05) is 51.7 Å². The van der Waals surface area contributed by atoms with E-state index in [1.807, 2.05) is 31.3 Å². The predicted octanol–water partition coefficient (Wildman–Crippen LogP) is 1.22. The number of aromatic nitrogens is 1. The monoisotopic (exact) mass is 264 g/mol. The van der Waals surface area contributed by atoms with Crippen LogP contribution in [0.1, 0.15) is 19.0 Å². The second-order valence-electron chi connectivity index (χ2n) is 4.05. The lowest BCUT2D eigenvalue weighted by molar-refractivity contribution is 0.145. The van der Waals surface area contributed by atoms with E-state index in [1.54, 1.807) is 7.05 Å². The molecule has 1 aromatic rings. The maximum atomic E-state index is 5.28. The average molecular weight is 264 g/mol. The van der Waals surface area contributed by atoms with Gasteiger partial charge in [-0.1, -0.05) is 6.07 Å². The highest BCUT2D eigenvalue weighted by molar-refractivity contribution is 5.79. The van der Waals surface area contributed by atoms with Gasteiger partial charge in [0.2, 0.25) is 0 Å². The molecule has 1 aromatic heterocycles. The molecule has 0 aliphatic carbocycles. The van der Waals surface area contributed by atoms with Crippen molar-refractivity contribution in [3.05, 3.63) is 30.1 Å². The van der Waals surface area contributed by atoms with Crippen molar-refractivity contribution >= 4 is 5.96 Å². The average Bonchev–Trinajstić information content (AvgIpc) is 2.46. The number of nitrogens with one attached hydrogen (secondary N) is 2. The Morgan fingerprint density at radius 1 is 1.32 bits per heavy atom. The summed E-state index contributed by atoms with van der Waals surface area (Å²) in [7, 11) is 1.78. The van der Waals surface area contributed by atoms with Gasteiger partial charge in [0.25, 0.3) is 0 Å². The highest BCUT2D eigenvalue weighted by Gasteiger charge is 1.97. The van der Waals surface area contributed by atoms with Crippen molar-refractivity contribution in [2.45, 2.75) is 19.8 Å². The molecule has 5 heteroatoms. The summed E-state index contributed by atoms with van der Waals surface area (Å²) in [6.07, 6.45) is 3.69. The molecule has 0 saturated carbocycles. The van der Waals surface area contributed by atoms with E-state index in [1.165, 1.54) is 0 Å². The molecule has 0 aliphatic heterocycles. The predicted molar refractivity (Wildman–Crippen MR) is 78.4 cm³/mol. The molecule has 0 atom stereocenters. The zero-order valence-electron chi connectivity index (χ0n) is 11.9. The highest BCUT2D eigenvalue weighted by Crippen LogP contribution is 1.92. The van der Waals surface area contributed by atoms with Gasteiger partial charge in [-0.25, -0.2) is 0 Å². The number of rotatable bonds is 8. The molecule has 0 saturated heterocycles. The van der Waals surface area contributed by atoms with Crippen LogP contribution in [0, 0.1) is 0 Å². The van der Waals surface area contributed by atoms with Crippen LogP contribution in [0.2, 0.25) is 0 Å². The minimum absolute atomic E-state index is 0.775. The molecule has 0 spiro atoms. The first-order valence-electron chi connectivity index (χ1n) is 6.79. The Morgan fingerprint density at radius 2 is 2.16 bits per heavy atom. The van der Waals surface area contributed by atoms with Crippen LogP contribution in [0.5, 0.6) is 0 Å². The quantitative estimate of drug-likeness (QED) is 0.421. The van der Waals surface area contributed by atoms with Gasteiger partial charge in [-0.15, -0.1) is 0 Å². The Labute approximate surface area is 115 Å². The third kappa shape index (κ3) is 7.41. The summed E-state index contributed by atoms with van der Waals surface area (Å²) in [6, 6.07) is 5.96. The Hall–Kier alpha value is -1.62. The topological polar surface area (TPSA) is 58.5 Å². The van der Waals surface area contributed by atoms with Crippen LogP contribution in [-0.4, -0.2) is 44.3 Å². The summed E-state index contributed by atoms with van der Waals surface area (Å²) in [5, 5.41) is 6.52. The summed E-state index contributed by atoms with van der Waals surface area (Å²) in [6.45, 7) is 5.25. The van der Waals surface area contributed by atoms with Gasteiger partial charge < -0.3 is 15.4 Å². The molecule has 0 fully saturated rings. The molecule has 1 rings (SSSR count). The molecule has 1 heterocycles. The van der Waals surface area contributed by atoms with Gasteiger partial charge in [-0.05, 0) is 25.5 Å². The molecular formula is C14H24N4O. The van der Waals surface area contributed by atoms with Crippen LogP contribution in [0.15, 0.2) is 29.4 Å². The third-order valence-electron chi connectivity index (χ3n) is 2.59. The number of nitrogens with zero attached hydrogens (tertiary/aromatic N) is 2. The van der Waals surface area contributed by atoms with Crippen LogP contribution in [0.4, 0.5) is 0 Å². The normalized spacial score (nSPS) is 11.4. The van der Waals surface area contributed by atoms with Gasteiger partial charge in [0.15, 0.2) is 5.96 Å². The van der Waals surface area contributed by atoms with Crippen molar-refractivity contribution in [2.24, 2.45) is 4.99 Å². The van der Waals surface area contributed by atoms with Gasteiger partial charge in [0.1, 0.15) is 0 Å². The first-order chi connectivity index (χ1) is 9.36. The Bertz CT molecular complexity index is 354. The standard InChI is InChI=1S/C14H24N4O/c1-3-19-12-6-10-17-14(15-2)18-11-8-13-7-4-5-9-16-13/h4-5,7,9H,3,6,8,10-12H2,1-2H3,(H2,15,17,18). The maximum Gasteiger partial charge on any atom is 0.190 e. The van der Waals surface area contributed by atoms with Gasteiger partial charge in [-0.2, -0.15) is 0 Å². The Morgan fingerprint density at radius 3 is 2.84 bits per heavy atom. The summed E-state index contributed by atoms with van der Waals surface area (Å²) in [5.74, 6) is 0.826. The van der Waals surface area contributed by atoms with Crippen molar-refractivity contribution in [1.82, 2.24) is 15.6 Å².